The Morgan fingerprint density at radius 1 is 1.33 bits per heavy atom. The van der Waals surface area contributed by atoms with Crippen LogP contribution >= 0.6 is 11.6 Å². The standard InChI is InChI=1S/C14H16ClN3/c15-7-5-11-6-8-18(10-11)14-16-9-12-3-1-2-4-13(12)17-14/h1-4,9,11H,5-8,10H2. The molecule has 0 radical (unpaired) electrons. The van der Waals surface area contributed by atoms with Crippen LogP contribution in [0.3, 0.4) is 0 Å². The van der Waals surface area contributed by atoms with Crippen LogP contribution in [-0.4, -0.2) is 28.9 Å². The Bertz CT molecular complexity index is 543. The summed E-state index contributed by atoms with van der Waals surface area (Å²) in [7, 11) is 0. The summed E-state index contributed by atoms with van der Waals surface area (Å²) >= 11 is 5.80. The Kier molecular flexibility index (Phi) is 3.33. The van der Waals surface area contributed by atoms with Gasteiger partial charge in [-0.3, -0.25) is 0 Å². The number of hydrogen-bond donors (Lipinski definition) is 0. The monoisotopic (exact) mass is 261 g/mol. The van der Waals surface area contributed by atoms with E-state index < -0.39 is 0 Å². The van der Waals surface area contributed by atoms with E-state index in [2.05, 4.69) is 14.9 Å². The third-order valence-corrected chi connectivity index (χ3v) is 3.78. The van der Waals surface area contributed by atoms with E-state index in [0.29, 0.717) is 5.92 Å². The molecule has 94 valence electrons. The van der Waals surface area contributed by atoms with Crippen molar-refractivity contribution in [2.24, 2.45) is 5.92 Å². The molecule has 0 amide bonds. The van der Waals surface area contributed by atoms with Crippen molar-refractivity contribution in [3.63, 3.8) is 0 Å². The maximum Gasteiger partial charge on any atom is 0.225 e. The van der Waals surface area contributed by atoms with Crippen LogP contribution in [0.15, 0.2) is 30.5 Å². The molecule has 1 saturated heterocycles. The van der Waals surface area contributed by atoms with Crippen molar-refractivity contribution in [1.29, 1.82) is 0 Å². The van der Waals surface area contributed by atoms with Crippen molar-refractivity contribution in [3.8, 4) is 0 Å². The Morgan fingerprint density at radius 3 is 3.11 bits per heavy atom. The highest BCUT2D eigenvalue weighted by atomic mass is 35.5. The summed E-state index contributed by atoms with van der Waals surface area (Å²) in [4.78, 5) is 11.4. The molecule has 4 heteroatoms. The molecule has 0 spiro atoms. The van der Waals surface area contributed by atoms with Crippen LogP contribution in [0.5, 0.6) is 0 Å². The van der Waals surface area contributed by atoms with Crippen molar-refractivity contribution < 1.29 is 0 Å². The zero-order valence-electron chi connectivity index (χ0n) is 10.2. The van der Waals surface area contributed by atoms with Crippen LogP contribution in [0.2, 0.25) is 0 Å². The maximum absolute atomic E-state index is 5.80. The van der Waals surface area contributed by atoms with Gasteiger partial charge in [-0.25, -0.2) is 9.97 Å². The SMILES string of the molecule is ClCCC1CCN(c2ncc3ccccc3n2)C1. The number of aromatic nitrogens is 2. The molecule has 18 heavy (non-hydrogen) atoms. The normalized spacial score (nSPS) is 19.6. The largest absolute Gasteiger partial charge is 0.341 e. The lowest BCUT2D eigenvalue weighted by atomic mass is 10.1. The molecule has 3 nitrogen and oxygen atoms in total. The number of rotatable bonds is 3. The third-order valence-electron chi connectivity index (χ3n) is 3.56. The van der Waals surface area contributed by atoms with Gasteiger partial charge in [-0.05, 0) is 24.8 Å². The molecule has 1 aromatic carbocycles. The number of anilines is 1. The van der Waals surface area contributed by atoms with Crippen LogP contribution in [-0.2, 0) is 0 Å². The topological polar surface area (TPSA) is 29.0 Å². The van der Waals surface area contributed by atoms with Crippen molar-refractivity contribution in [3.05, 3.63) is 30.5 Å². The van der Waals surface area contributed by atoms with Gasteiger partial charge in [0.05, 0.1) is 5.52 Å². The molecule has 1 aliphatic rings. The van der Waals surface area contributed by atoms with E-state index in [-0.39, 0.29) is 0 Å². The van der Waals surface area contributed by atoms with Gasteiger partial charge in [-0.15, -0.1) is 11.6 Å². The summed E-state index contributed by atoms with van der Waals surface area (Å²) in [5, 5.41) is 1.10. The van der Waals surface area contributed by atoms with Gasteiger partial charge in [0.1, 0.15) is 0 Å². The van der Waals surface area contributed by atoms with Crippen molar-refractivity contribution >= 4 is 28.5 Å². The zero-order valence-corrected chi connectivity index (χ0v) is 11.0. The lowest BCUT2D eigenvalue weighted by molar-refractivity contribution is 0.571. The van der Waals surface area contributed by atoms with E-state index in [0.717, 1.165) is 42.2 Å². The molecule has 0 aliphatic carbocycles. The fraction of sp³-hybridized carbons (Fsp3) is 0.429. The summed E-state index contributed by atoms with van der Waals surface area (Å²) in [6, 6.07) is 8.10. The van der Waals surface area contributed by atoms with Gasteiger partial charge in [0, 0.05) is 30.6 Å². The summed E-state index contributed by atoms with van der Waals surface area (Å²) in [5.74, 6) is 2.29. The van der Waals surface area contributed by atoms with Gasteiger partial charge >= 0.3 is 0 Å². The molecule has 0 bridgehead atoms. The Morgan fingerprint density at radius 2 is 2.22 bits per heavy atom. The second-order valence-electron chi connectivity index (χ2n) is 4.81. The first kappa shape index (κ1) is 11.7. The van der Waals surface area contributed by atoms with E-state index >= 15 is 0 Å². The number of halogens is 1. The summed E-state index contributed by atoms with van der Waals surface area (Å²) < 4.78 is 0. The van der Waals surface area contributed by atoms with Crippen molar-refractivity contribution in [2.45, 2.75) is 12.8 Å². The molecular weight excluding hydrogens is 246 g/mol. The van der Waals surface area contributed by atoms with Crippen LogP contribution in [0.25, 0.3) is 10.9 Å². The second kappa shape index (κ2) is 5.11. The Hall–Kier alpha value is -1.35. The van der Waals surface area contributed by atoms with E-state index in [4.69, 9.17) is 11.6 Å². The first-order valence-electron chi connectivity index (χ1n) is 6.39. The highest BCUT2D eigenvalue weighted by Gasteiger charge is 2.23. The predicted octanol–water partition coefficient (Wildman–Crippen LogP) is 3.09. The molecule has 2 aromatic rings. The average Bonchev–Trinajstić information content (AvgIpc) is 2.87. The number of benzene rings is 1. The molecule has 0 saturated carbocycles. The molecule has 1 fully saturated rings. The molecule has 1 aromatic heterocycles. The van der Waals surface area contributed by atoms with Gasteiger partial charge in [0.15, 0.2) is 0 Å². The number of nitrogens with zero attached hydrogens (tertiary/aromatic N) is 3. The van der Waals surface area contributed by atoms with Crippen molar-refractivity contribution in [1.82, 2.24) is 9.97 Å². The molecule has 3 rings (SSSR count). The number of para-hydroxylation sites is 1. The molecule has 0 N–H and O–H groups in total. The molecule has 2 heterocycles. The second-order valence-corrected chi connectivity index (χ2v) is 5.19. The van der Waals surface area contributed by atoms with Crippen LogP contribution in [0, 0.1) is 5.92 Å². The molecule has 1 aliphatic heterocycles. The fourth-order valence-electron chi connectivity index (χ4n) is 2.52. The van der Waals surface area contributed by atoms with Crippen LogP contribution in [0.1, 0.15) is 12.8 Å². The number of hydrogen-bond acceptors (Lipinski definition) is 3. The van der Waals surface area contributed by atoms with E-state index in [9.17, 15) is 0 Å². The smallest absolute Gasteiger partial charge is 0.225 e. The Balaban J connectivity index is 1.82. The van der Waals surface area contributed by atoms with Gasteiger partial charge < -0.3 is 4.90 Å². The number of fused-ring (bicyclic) bond motifs is 1. The minimum Gasteiger partial charge on any atom is -0.341 e. The van der Waals surface area contributed by atoms with Crippen LogP contribution in [0.4, 0.5) is 5.95 Å². The minimum absolute atomic E-state index is 0.692. The van der Waals surface area contributed by atoms with Gasteiger partial charge in [-0.2, -0.15) is 0 Å². The first-order valence-corrected chi connectivity index (χ1v) is 6.93. The highest BCUT2D eigenvalue weighted by molar-refractivity contribution is 6.17. The van der Waals surface area contributed by atoms with Gasteiger partial charge in [0.25, 0.3) is 0 Å². The van der Waals surface area contributed by atoms with E-state index in [1.807, 2.05) is 30.5 Å². The van der Waals surface area contributed by atoms with E-state index in [1.165, 1.54) is 6.42 Å². The Labute approximate surface area is 112 Å². The molecular formula is C14H16ClN3. The maximum atomic E-state index is 5.80. The fourth-order valence-corrected chi connectivity index (χ4v) is 2.83. The van der Waals surface area contributed by atoms with Gasteiger partial charge in [0.2, 0.25) is 5.95 Å². The number of alkyl halides is 1. The third kappa shape index (κ3) is 2.27. The molecule has 1 unspecified atom stereocenters. The van der Waals surface area contributed by atoms with Crippen molar-refractivity contribution in [2.75, 3.05) is 23.9 Å². The van der Waals surface area contributed by atoms with E-state index in [1.54, 1.807) is 0 Å². The van der Waals surface area contributed by atoms with Gasteiger partial charge in [-0.1, -0.05) is 18.2 Å². The highest BCUT2D eigenvalue weighted by Crippen LogP contribution is 2.24. The predicted molar refractivity (Wildman–Crippen MR) is 75.2 cm³/mol. The summed E-state index contributed by atoms with van der Waals surface area (Å²) in [6.45, 7) is 2.07. The lowest BCUT2D eigenvalue weighted by Crippen LogP contribution is -2.22. The first-order chi connectivity index (χ1) is 8.86. The summed E-state index contributed by atoms with van der Waals surface area (Å²) in [6.07, 6.45) is 4.20. The van der Waals surface area contributed by atoms with Crippen LogP contribution < -0.4 is 4.90 Å². The average molecular weight is 262 g/mol. The lowest BCUT2D eigenvalue weighted by Gasteiger charge is -2.16. The zero-order chi connectivity index (χ0) is 12.4. The quantitative estimate of drug-likeness (QED) is 0.795. The molecule has 1 atom stereocenters. The summed E-state index contributed by atoms with van der Waals surface area (Å²) in [5.41, 5.74) is 1.02. The minimum atomic E-state index is 0.692.